The fraction of sp³-hybridized carbons (Fsp3) is 0.875. The number of halogens is 2. The summed E-state index contributed by atoms with van der Waals surface area (Å²) in [4.78, 5) is 10.4. The number of carbonyl (C=O) groups excluding carboxylic acids is 1. The highest BCUT2D eigenvalue weighted by molar-refractivity contribution is 6.61. The van der Waals surface area contributed by atoms with Gasteiger partial charge in [0.2, 0.25) is 5.06 Å². The molecular weight excluding hydrogens is 215 g/mol. The van der Waals surface area contributed by atoms with Crippen molar-refractivity contribution in [2.24, 2.45) is 0 Å². The molecule has 1 atom stereocenters. The van der Waals surface area contributed by atoms with Crippen molar-refractivity contribution >= 4 is 28.6 Å². The second-order valence-electron chi connectivity index (χ2n) is 2.85. The molecule has 0 aromatic heterocycles. The molecule has 0 saturated heterocycles. The minimum atomic E-state index is -1.16. The van der Waals surface area contributed by atoms with Crippen molar-refractivity contribution in [2.45, 2.75) is 31.7 Å². The third-order valence-corrected chi connectivity index (χ3v) is 1.56. The second kappa shape index (κ2) is 6.46. The molecular formula is C8H14Cl2O3. The number of unbranched alkanes of at least 4 members (excludes halogenated alkanes) is 1. The number of hydrogen-bond donors (Lipinski definition) is 0. The number of alkyl halides is 1. The molecule has 0 bridgehead atoms. The van der Waals surface area contributed by atoms with Gasteiger partial charge in [-0.05, 0) is 13.3 Å². The van der Waals surface area contributed by atoms with Gasteiger partial charge in [-0.2, -0.15) is 0 Å². The molecule has 13 heavy (non-hydrogen) atoms. The van der Waals surface area contributed by atoms with E-state index in [1.54, 1.807) is 0 Å². The van der Waals surface area contributed by atoms with Gasteiger partial charge in [0.25, 0.3) is 0 Å². The van der Waals surface area contributed by atoms with Gasteiger partial charge in [-0.1, -0.05) is 24.9 Å². The monoisotopic (exact) mass is 228 g/mol. The Morgan fingerprint density at radius 3 is 2.62 bits per heavy atom. The van der Waals surface area contributed by atoms with Gasteiger partial charge in [-0.3, -0.25) is 0 Å². The molecule has 0 saturated carbocycles. The predicted octanol–water partition coefficient (Wildman–Crippen LogP) is 3.13. The Kier molecular flexibility index (Phi) is 6.47. The Morgan fingerprint density at radius 2 is 2.15 bits per heavy atom. The van der Waals surface area contributed by atoms with E-state index >= 15 is 0 Å². The first kappa shape index (κ1) is 13.0. The van der Waals surface area contributed by atoms with Gasteiger partial charge in [0, 0.05) is 18.2 Å². The molecule has 0 fully saturated rings. The van der Waals surface area contributed by atoms with Crippen LogP contribution in [0.4, 0.5) is 4.79 Å². The molecule has 0 aliphatic rings. The molecule has 78 valence electrons. The lowest BCUT2D eigenvalue weighted by Crippen LogP contribution is -2.29. The lowest BCUT2D eigenvalue weighted by molar-refractivity contribution is 0.0135. The summed E-state index contributed by atoms with van der Waals surface area (Å²) in [5, 5.41) is -1.16. The van der Waals surface area contributed by atoms with E-state index in [1.165, 1.54) is 6.92 Å². The maximum absolute atomic E-state index is 10.4. The van der Waals surface area contributed by atoms with E-state index in [0.717, 1.165) is 12.8 Å². The minimum absolute atomic E-state index is 0.146. The van der Waals surface area contributed by atoms with Crippen LogP contribution in [0.2, 0.25) is 0 Å². The number of carbonyl (C=O) groups is 1. The molecule has 0 aliphatic carbocycles. The predicted molar refractivity (Wildman–Crippen MR) is 52.3 cm³/mol. The van der Waals surface area contributed by atoms with Crippen LogP contribution in [0.15, 0.2) is 0 Å². The van der Waals surface area contributed by atoms with Crippen LogP contribution >= 0.6 is 23.2 Å². The zero-order valence-corrected chi connectivity index (χ0v) is 9.32. The van der Waals surface area contributed by atoms with Crippen LogP contribution in [-0.2, 0) is 9.47 Å². The Morgan fingerprint density at radius 1 is 1.54 bits per heavy atom. The van der Waals surface area contributed by atoms with Crippen LogP contribution < -0.4 is 0 Å². The van der Waals surface area contributed by atoms with Crippen molar-refractivity contribution < 1.29 is 14.3 Å². The summed E-state index contributed by atoms with van der Waals surface area (Å²) < 4.78 is 9.76. The van der Waals surface area contributed by atoms with Crippen molar-refractivity contribution in [3.05, 3.63) is 0 Å². The van der Waals surface area contributed by atoms with Gasteiger partial charge < -0.3 is 9.47 Å². The first-order valence-electron chi connectivity index (χ1n) is 4.13. The number of rotatable bonds is 6. The van der Waals surface area contributed by atoms with Crippen LogP contribution in [0.3, 0.4) is 0 Å². The molecule has 0 N–H and O–H groups in total. The molecule has 0 aromatic carbocycles. The zero-order chi connectivity index (χ0) is 10.3. The average molecular weight is 229 g/mol. The second-order valence-corrected chi connectivity index (χ2v) is 3.96. The molecule has 0 aliphatic heterocycles. The average Bonchev–Trinajstić information content (AvgIpc) is 1.95. The maximum Gasteiger partial charge on any atom is 0.405 e. The minimum Gasteiger partial charge on any atom is -0.429 e. The zero-order valence-electron chi connectivity index (χ0n) is 7.81. The summed E-state index contributed by atoms with van der Waals surface area (Å²) in [6.07, 6.45) is 2.01. The molecule has 0 aromatic rings. The Labute approximate surface area is 88.3 Å². The van der Waals surface area contributed by atoms with Gasteiger partial charge in [0.1, 0.15) is 6.61 Å². The first-order valence-corrected chi connectivity index (χ1v) is 4.88. The lowest BCUT2D eigenvalue weighted by Gasteiger charge is -2.20. The van der Waals surface area contributed by atoms with Gasteiger partial charge in [0.05, 0.1) is 0 Å². The molecule has 3 nitrogen and oxygen atoms in total. The van der Waals surface area contributed by atoms with Crippen molar-refractivity contribution in [1.82, 2.24) is 0 Å². The van der Waals surface area contributed by atoms with E-state index < -0.39 is 10.5 Å². The van der Waals surface area contributed by atoms with Crippen molar-refractivity contribution in [1.29, 1.82) is 0 Å². The Hall–Kier alpha value is 0.01000. The van der Waals surface area contributed by atoms with E-state index in [2.05, 4.69) is 11.7 Å². The highest BCUT2D eigenvalue weighted by Crippen LogP contribution is 2.18. The summed E-state index contributed by atoms with van der Waals surface area (Å²) in [5.41, 5.74) is -0.920. The normalized spacial score (nSPS) is 15.1. The van der Waals surface area contributed by atoms with Crippen molar-refractivity contribution in [3.63, 3.8) is 0 Å². The van der Waals surface area contributed by atoms with Crippen LogP contribution in [0, 0.1) is 0 Å². The van der Waals surface area contributed by atoms with E-state index in [9.17, 15) is 4.79 Å². The molecule has 1 unspecified atom stereocenters. The summed E-state index contributed by atoms with van der Waals surface area (Å²) in [7, 11) is 0. The van der Waals surface area contributed by atoms with E-state index in [4.69, 9.17) is 27.9 Å². The fourth-order valence-electron chi connectivity index (χ4n) is 0.698. The van der Waals surface area contributed by atoms with Crippen LogP contribution in [0.5, 0.6) is 0 Å². The van der Waals surface area contributed by atoms with Crippen LogP contribution in [0.25, 0.3) is 0 Å². The van der Waals surface area contributed by atoms with E-state index in [1.807, 2.05) is 0 Å². The summed E-state index contributed by atoms with van der Waals surface area (Å²) >= 11 is 10.8. The molecule has 0 heterocycles. The topological polar surface area (TPSA) is 35.5 Å². The molecule has 0 rings (SSSR count). The van der Waals surface area contributed by atoms with Gasteiger partial charge in [-0.15, -0.1) is 0 Å². The maximum atomic E-state index is 10.4. The summed E-state index contributed by atoms with van der Waals surface area (Å²) in [6, 6.07) is 0. The van der Waals surface area contributed by atoms with E-state index in [0.29, 0.717) is 6.61 Å². The van der Waals surface area contributed by atoms with Crippen molar-refractivity contribution in [2.75, 3.05) is 13.2 Å². The van der Waals surface area contributed by atoms with Gasteiger partial charge in [0.15, 0.2) is 0 Å². The number of hydrogen-bond acceptors (Lipinski definition) is 3. The molecule has 0 radical (unpaired) electrons. The van der Waals surface area contributed by atoms with Gasteiger partial charge in [-0.25, -0.2) is 4.79 Å². The highest BCUT2D eigenvalue weighted by Gasteiger charge is 2.25. The van der Waals surface area contributed by atoms with Crippen LogP contribution in [-0.4, -0.2) is 23.7 Å². The SMILES string of the molecule is CCCCOCC(C)(Cl)OC(=O)Cl. The van der Waals surface area contributed by atoms with Crippen LogP contribution in [0.1, 0.15) is 26.7 Å². The molecule has 0 spiro atoms. The summed E-state index contributed by atoms with van der Waals surface area (Å²) in [5.74, 6) is 0. The Bertz CT molecular complexity index is 159. The lowest BCUT2D eigenvalue weighted by atomic mass is 10.3. The fourth-order valence-corrected chi connectivity index (χ4v) is 1.05. The number of ether oxygens (including phenoxy) is 2. The highest BCUT2D eigenvalue weighted by atomic mass is 35.5. The molecule has 0 amide bonds. The third-order valence-electron chi connectivity index (χ3n) is 1.30. The van der Waals surface area contributed by atoms with Crippen molar-refractivity contribution in [3.8, 4) is 0 Å². The smallest absolute Gasteiger partial charge is 0.405 e. The summed E-state index contributed by atoms with van der Waals surface area (Å²) in [6.45, 7) is 4.34. The quantitative estimate of drug-likeness (QED) is 0.398. The first-order chi connectivity index (χ1) is 5.98. The standard InChI is InChI=1S/C8H14Cl2O3/c1-3-4-5-12-6-8(2,10)13-7(9)11/h3-6H2,1-2H3. The third kappa shape index (κ3) is 8.34. The Balaban J connectivity index is 3.56. The van der Waals surface area contributed by atoms with Gasteiger partial charge >= 0.3 is 5.43 Å². The largest absolute Gasteiger partial charge is 0.429 e. The molecule has 5 heteroatoms. The van der Waals surface area contributed by atoms with E-state index in [-0.39, 0.29) is 6.61 Å².